The Morgan fingerprint density at radius 2 is 1.64 bits per heavy atom. The van der Waals surface area contributed by atoms with E-state index in [-0.39, 0.29) is 28.0 Å². The van der Waals surface area contributed by atoms with Crippen LogP contribution in [-0.2, 0) is 22.9 Å². The van der Waals surface area contributed by atoms with Crippen LogP contribution < -0.4 is 10.2 Å². The van der Waals surface area contributed by atoms with Gasteiger partial charge in [0.1, 0.15) is 0 Å². The molecular formula is C11H14NiO2. The molecule has 0 atom stereocenters. The van der Waals surface area contributed by atoms with E-state index in [9.17, 15) is 10.2 Å². The molecule has 2 nitrogen and oxygen atoms in total. The molecule has 0 aromatic heterocycles. The average Bonchev–Trinajstić information content (AvgIpc) is 2.09. The molecule has 80 valence electrons. The molecule has 0 fully saturated rings. The van der Waals surface area contributed by atoms with Crippen LogP contribution in [0.1, 0.15) is 30.0 Å². The maximum Gasteiger partial charge on any atom is 2.00 e. The Hall–Kier alpha value is -0.686. The molecular weight excluding hydrogens is 223 g/mol. The van der Waals surface area contributed by atoms with Gasteiger partial charge in [-0.2, -0.15) is 0 Å². The molecule has 0 aliphatic carbocycles. The van der Waals surface area contributed by atoms with Gasteiger partial charge in [-0.25, -0.2) is 0 Å². The largest absolute Gasteiger partial charge is 2.00 e. The van der Waals surface area contributed by atoms with Crippen molar-refractivity contribution in [2.75, 3.05) is 0 Å². The van der Waals surface area contributed by atoms with E-state index in [2.05, 4.69) is 0 Å². The molecule has 1 aromatic rings. The molecule has 0 amide bonds. The van der Waals surface area contributed by atoms with Gasteiger partial charge < -0.3 is 10.2 Å². The average molecular weight is 237 g/mol. The number of hydrogen-bond acceptors (Lipinski definition) is 2. The fourth-order valence-corrected chi connectivity index (χ4v) is 1.53. The molecule has 1 aromatic carbocycles. The first kappa shape index (κ1) is 13.3. The summed E-state index contributed by atoms with van der Waals surface area (Å²) in [5, 5.41) is 22.8. The van der Waals surface area contributed by atoms with E-state index in [0.29, 0.717) is 17.5 Å². The second kappa shape index (κ2) is 5.26. The van der Waals surface area contributed by atoms with Crippen LogP contribution in [0.4, 0.5) is 0 Å². The SMILES string of the molecule is CCCc1c(C)cc(C)c([O-])c1[O-].[Ni+2]. The van der Waals surface area contributed by atoms with Crippen molar-refractivity contribution in [1.29, 1.82) is 0 Å². The van der Waals surface area contributed by atoms with E-state index < -0.39 is 0 Å². The summed E-state index contributed by atoms with van der Waals surface area (Å²) in [6, 6.07) is 1.80. The number of rotatable bonds is 2. The van der Waals surface area contributed by atoms with Gasteiger partial charge in [-0.1, -0.05) is 30.5 Å². The zero-order valence-electron chi connectivity index (χ0n) is 8.62. The third-order valence-electron chi connectivity index (χ3n) is 2.25. The van der Waals surface area contributed by atoms with Crippen LogP contribution in [0.5, 0.6) is 11.5 Å². The predicted octanol–water partition coefficient (Wildman–Crippen LogP) is 1.40. The minimum atomic E-state index is -0.339. The predicted molar refractivity (Wildman–Crippen MR) is 48.8 cm³/mol. The van der Waals surface area contributed by atoms with Crippen LogP contribution in [-0.4, -0.2) is 0 Å². The van der Waals surface area contributed by atoms with Gasteiger partial charge in [-0.3, -0.25) is 0 Å². The molecule has 14 heavy (non-hydrogen) atoms. The molecule has 0 aliphatic heterocycles. The van der Waals surface area contributed by atoms with Crippen LogP contribution in [0, 0.1) is 13.8 Å². The Bertz CT molecular complexity index is 322. The van der Waals surface area contributed by atoms with Crippen molar-refractivity contribution in [2.45, 2.75) is 33.6 Å². The summed E-state index contributed by atoms with van der Waals surface area (Å²) in [4.78, 5) is 0. The molecule has 0 unspecified atom stereocenters. The fraction of sp³-hybridized carbons (Fsp3) is 0.455. The Morgan fingerprint density at radius 3 is 2.14 bits per heavy atom. The quantitative estimate of drug-likeness (QED) is 0.729. The van der Waals surface area contributed by atoms with Gasteiger partial charge in [-0.05, 0) is 25.8 Å². The molecule has 0 radical (unpaired) electrons. The minimum absolute atomic E-state index is 0. The molecule has 0 aliphatic rings. The summed E-state index contributed by atoms with van der Waals surface area (Å²) >= 11 is 0. The van der Waals surface area contributed by atoms with Gasteiger partial charge in [-0.15, -0.1) is 11.5 Å². The van der Waals surface area contributed by atoms with Crippen molar-refractivity contribution in [1.82, 2.24) is 0 Å². The zero-order chi connectivity index (χ0) is 10.0. The first-order valence-corrected chi connectivity index (χ1v) is 4.55. The standard InChI is InChI=1S/C11H16O2.Ni/c1-4-5-9-7(2)6-8(3)10(12)11(9)13;/h6,12-13H,4-5H2,1-3H3;/q;+2/p-2. The van der Waals surface area contributed by atoms with E-state index in [1.165, 1.54) is 0 Å². The zero-order valence-corrected chi connectivity index (χ0v) is 9.61. The van der Waals surface area contributed by atoms with E-state index in [4.69, 9.17) is 0 Å². The van der Waals surface area contributed by atoms with Crippen LogP contribution in [0.25, 0.3) is 0 Å². The molecule has 3 heteroatoms. The second-order valence-corrected chi connectivity index (χ2v) is 3.40. The summed E-state index contributed by atoms with van der Waals surface area (Å²) in [5.74, 6) is -0.645. The van der Waals surface area contributed by atoms with Gasteiger partial charge in [0.15, 0.2) is 0 Å². The summed E-state index contributed by atoms with van der Waals surface area (Å²) in [6.07, 6.45) is 1.61. The maximum atomic E-state index is 11.5. The Balaban J connectivity index is 0.00000169. The molecule has 0 saturated heterocycles. The van der Waals surface area contributed by atoms with E-state index in [1.54, 1.807) is 13.0 Å². The van der Waals surface area contributed by atoms with Gasteiger partial charge in [0.25, 0.3) is 0 Å². The van der Waals surface area contributed by atoms with Crippen molar-refractivity contribution >= 4 is 0 Å². The van der Waals surface area contributed by atoms with Gasteiger partial charge in [0, 0.05) is 0 Å². The van der Waals surface area contributed by atoms with Crippen molar-refractivity contribution < 1.29 is 26.7 Å². The molecule has 0 saturated carbocycles. The summed E-state index contributed by atoms with van der Waals surface area (Å²) in [5.41, 5.74) is 2.20. The smallest absolute Gasteiger partial charge is 0.873 e. The third-order valence-corrected chi connectivity index (χ3v) is 2.25. The third kappa shape index (κ3) is 2.42. The van der Waals surface area contributed by atoms with Crippen LogP contribution in [0.2, 0.25) is 0 Å². The number of hydrogen-bond donors (Lipinski definition) is 0. The fourth-order valence-electron chi connectivity index (χ4n) is 1.53. The molecule has 0 spiro atoms. The number of benzene rings is 1. The molecule has 0 N–H and O–H groups in total. The van der Waals surface area contributed by atoms with Gasteiger partial charge in [0.2, 0.25) is 0 Å². The second-order valence-electron chi connectivity index (χ2n) is 3.40. The monoisotopic (exact) mass is 236 g/mol. The van der Waals surface area contributed by atoms with Gasteiger partial charge >= 0.3 is 16.5 Å². The summed E-state index contributed by atoms with van der Waals surface area (Å²) in [6.45, 7) is 5.58. The van der Waals surface area contributed by atoms with Crippen molar-refractivity contribution in [3.05, 3.63) is 22.8 Å². The molecule has 1 rings (SSSR count). The number of aryl methyl sites for hydroxylation is 2. The van der Waals surface area contributed by atoms with Crippen molar-refractivity contribution in [3.8, 4) is 11.5 Å². The van der Waals surface area contributed by atoms with Crippen molar-refractivity contribution in [3.63, 3.8) is 0 Å². The molecule has 0 bridgehead atoms. The Kier molecular flexibility index (Phi) is 5.00. The Morgan fingerprint density at radius 1 is 1.07 bits per heavy atom. The van der Waals surface area contributed by atoms with E-state index in [1.807, 2.05) is 13.8 Å². The van der Waals surface area contributed by atoms with E-state index >= 15 is 0 Å². The normalized spacial score (nSPS) is 9.64. The van der Waals surface area contributed by atoms with Gasteiger partial charge in [0.05, 0.1) is 0 Å². The van der Waals surface area contributed by atoms with E-state index in [0.717, 1.165) is 12.0 Å². The van der Waals surface area contributed by atoms with Crippen LogP contribution in [0.15, 0.2) is 6.07 Å². The topological polar surface area (TPSA) is 46.1 Å². The van der Waals surface area contributed by atoms with Crippen LogP contribution in [0.3, 0.4) is 0 Å². The van der Waals surface area contributed by atoms with Crippen LogP contribution >= 0.6 is 0 Å². The minimum Gasteiger partial charge on any atom is -0.873 e. The summed E-state index contributed by atoms with van der Waals surface area (Å²) < 4.78 is 0. The maximum absolute atomic E-state index is 11.5. The first-order chi connectivity index (χ1) is 6.07. The van der Waals surface area contributed by atoms with Crippen molar-refractivity contribution in [2.24, 2.45) is 0 Å². The first-order valence-electron chi connectivity index (χ1n) is 4.55. The summed E-state index contributed by atoms with van der Waals surface area (Å²) in [7, 11) is 0. The Labute approximate surface area is 94.9 Å². The molecule has 0 heterocycles.